The first-order valence-electron chi connectivity index (χ1n) is 6.14. The predicted octanol–water partition coefficient (Wildman–Crippen LogP) is 1.54. The van der Waals surface area contributed by atoms with Crippen LogP contribution < -0.4 is 11.0 Å². The Labute approximate surface area is 106 Å². The maximum Gasteiger partial charge on any atom is 0.328 e. The molecule has 18 heavy (non-hydrogen) atoms. The summed E-state index contributed by atoms with van der Waals surface area (Å²) >= 11 is 0. The fraction of sp³-hybridized carbons (Fsp3) is 0.385. The van der Waals surface area contributed by atoms with Crippen molar-refractivity contribution in [3.8, 4) is 0 Å². The molecule has 1 N–H and O–H groups in total. The van der Waals surface area contributed by atoms with Crippen molar-refractivity contribution in [3.63, 3.8) is 0 Å². The summed E-state index contributed by atoms with van der Waals surface area (Å²) in [5, 5.41) is 2.99. The van der Waals surface area contributed by atoms with Crippen LogP contribution >= 0.6 is 0 Å². The lowest BCUT2D eigenvalue weighted by Gasteiger charge is -2.04. The zero-order chi connectivity index (χ0) is 13.0. The predicted molar refractivity (Wildman–Crippen MR) is 71.9 cm³/mol. The van der Waals surface area contributed by atoms with Crippen LogP contribution in [0.3, 0.4) is 0 Å². The number of aromatic nitrogens is 3. The lowest BCUT2D eigenvalue weighted by Crippen LogP contribution is -2.24. The highest BCUT2D eigenvalue weighted by molar-refractivity contribution is 5.34. The maximum absolute atomic E-state index is 12.0. The number of hydrogen-bond donors (Lipinski definition) is 1. The first-order valence-corrected chi connectivity index (χ1v) is 6.14. The first kappa shape index (κ1) is 12.4. The Balaban J connectivity index is 2.20. The Bertz CT molecular complexity index is 570. The topological polar surface area (TPSA) is 51.9 Å². The highest BCUT2D eigenvalue weighted by atomic mass is 16.1. The van der Waals surface area contributed by atoms with Gasteiger partial charge in [0.15, 0.2) is 0 Å². The monoisotopic (exact) mass is 246 g/mol. The second kappa shape index (κ2) is 5.53. The van der Waals surface area contributed by atoms with E-state index in [4.69, 9.17) is 0 Å². The van der Waals surface area contributed by atoms with Crippen LogP contribution in [0.25, 0.3) is 0 Å². The van der Waals surface area contributed by atoms with Gasteiger partial charge < -0.3 is 5.32 Å². The molecule has 0 aliphatic rings. The van der Waals surface area contributed by atoms with Crippen LogP contribution in [0, 0.1) is 0 Å². The number of nitrogens with zero attached hydrogens (tertiary/aromatic N) is 3. The summed E-state index contributed by atoms with van der Waals surface area (Å²) in [6.45, 7) is 3.32. The second-order valence-corrected chi connectivity index (χ2v) is 4.17. The molecule has 2 aromatic heterocycles. The quantitative estimate of drug-likeness (QED) is 0.870. The molecule has 0 fully saturated rings. The SMILES string of the molecule is CCCn1ccn(Cc2cccc(NC)n2)c1=O. The Kier molecular flexibility index (Phi) is 3.82. The smallest absolute Gasteiger partial charge is 0.328 e. The van der Waals surface area contributed by atoms with Crippen LogP contribution in [0.2, 0.25) is 0 Å². The zero-order valence-corrected chi connectivity index (χ0v) is 10.8. The molecule has 0 aliphatic heterocycles. The van der Waals surface area contributed by atoms with Gasteiger partial charge in [0.1, 0.15) is 5.82 Å². The number of hydrogen-bond acceptors (Lipinski definition) is 3. The van der Waals surface area contributed by atoms with Crippen LogP contribution in [-0.2, 0) is 13.1 Å². The Morgan fingerprint density at radius 3 is 2.78 bits per heavy atom. The third-order valence-corrected chi connectivity index (χ3v) is 2.78. The number of nitrogens with one attached hydrogen (secondary N) is 1. The Morgan fingerprint density at radius 1 is 1.28 bits per heavy atom. The van der Waals surface area contributed by atoms with E-state index >= 15 is 0 Å². The van der Waals surface area contributed by atoms with Crippen LogP contribution in [0.5, 0.6) is 0 Å². The molecule has 0 unspecified atom stereocenters. The first-order chi connectivity index (χ1) is 8.74. The summed E-state index contributed by atoms with van der Waals surface area (Å²) in [4.78, 5) is 16.4. The summed E-state index contributed by atoms with van der Waals surface area (Å²) in [5.74, 6) is 0.813. The van der Waals surface area contributed by atoms with Crippen molar-refractivity contribution in [2.24, 2.45) is 0 Å². The van der Waals surface area contributed by atoms with Crippen molar-refractivity contribution in [1.82, 2.24) is 14.1 Å². The minimum absolute atomic E-state index is 0.0218. The largest absolute Gasteiger partial charge is 0.373 e. The summed E-state index contributed by atoms with van der Waals surface area (Å²) in [5.41, 5.74) is 0.895. The number of pyridine rings is 1. The van der Waals surface area contributed by atoms with Crippen molar-refractivity contribution in [2.75, 3.05) is 12.4 Å². The standard InChI is InChI=1S/C13H18N4O/c1-3-7-16-8-9-17(13(16)18)10-11-5-4-6-12(14-2)15-11/h4-6,8-9H,3,7,10H2,1-2H3,(H,14,15). The van der Waals surface area contributed by atoms with Crippen molar-refractivity contribution >= 4 is 5.82 Å². The van der Waals surface area contributed by atoms with Crippen molar-refractivity contribution in [1.29, 1.82) is 0 Å². The molecule has 0 aliphatic carbocycles. The normalized spacial score (nSPS) is 10.6. The third kappa shape index (κ3) is 2.61. The van der Waals surface area contributed by atoms with Gasteiger partial charge in [-0.1, -0.05) is 13.0 Å². The van der Waals surface area contributed by atoms with Gasteiger partial charge in [-0.15, -0.1) is 0 Å². The van der Waals surface area contributed by atoms with Gasteiger partial charge in [0, 0.05) is 26.0 Å². The summed E-state index contributed by atoms with van der Waals surface area (Å²) in [6, 6.07) is 5.75. The number of anilines is 1. The minimum Gasteiger partial charge on any atom is -0.373 e. The highest BCUT2D eigenvalue weighted by Gasteiger charge is 2.04. The average molecular weight is 246 g/mol. The molecule has 0 saturated carbocycles. The van der Waals surface area contributed by atoms with E-state index in [9.17, 15) is 4.79 Å². The van der Waals surface area contributed by atoms with E-state index in [1.165, 1.54) is 0 Å². The number of imidazole rings is 1. The lowest BCUT2D eigenvalue weighted by atomic mass is 10.3. The Morgan fingerprint density at radius 2 is 2.06 bits per heavy atom. The molecule has 5 heteroatoms. The van der Waals surface area contributed by atoms with Crippen molar-refractivity contribution in [3.05, 3.63) is 46.8 Å². The third-order valence-electron chi connectivity index (χ3n) is 2.78. The fourth-order valence-corrected chi connectivity index (χ4v) is 1.87. The van der Waals surface area contributed by atoms with E-state index in [1.807, 2.05) is 37.6 Å². The molecule has 0 atom stereocenters. The summed E-state index contributed by atoms with van der Waals surface area (Å²) in [6.07, 6.45) is 4.59. The summed E-state index contributed by atoms with van der Waals surface area (Å²) in [7, 11) is 1.83. The van der Waals surface area contributed by atoms with Crippen LogP contribution in [0.4, 0.5) is 5.82 Å². The van der Waals surface area contributed by atoms with Gasteiger partial charge in [0.2, 0.25) is 0 Å². The fourth-order valence-electron chi connectivity index (χ4n) is 1.87. The van der Waals surface area contributed by atoms with Gasteiger partial charge in [0.05, 0.1) is 12.2 Å². The van der Waals surface area contributed by atoms with E-state index < -0.39 is 0 Å². The van der Waals surface area contributed by atoms with E-state index in [-0.39, 0.29) is 5.69 Å². The van der Waals surface area contributed by atoms with Crippen LogP contribution in [0.15, 0.2) is 35.4 Å². The zero-order valence-electron chi connectivity index (χ0n) is 10.8. The number of rotatable bonds is 5. The lowest BCUT2D eigenvalue weighted by molar-refractivity contribution is 0.621. The van der Waals surface area contributed by atoms with E-state index in [0.717, 1.165) is 24.5 Å². The molecule has 0 amide bonds. The van der Waals surface area contributed by atoms with Crippen LogP contribution in [0.1, 0.15) is 19.0 Å². The van der Waals surface area contributed by atoms with E-state index in [1.54, 1.807) is 9.13 Å². The van der Waals surface area contributed by atoms with Crippen LogP contribution in [-0.4, -0.2) is 21.2 Å². The average Bonchev–Trinajstić information content (AvgIpc) is 2.72. The molecule has 96 valence electrons. The molecule has 5 nitrogen and oxygen atoms in total. The van der Waals surface area contributed by atoms with E-state index in [2.05, 4.69) is 17.2 Å². The van der Waals surface area contributed by atoms with Gasteiger partial charge in [0.25, 0.3) is 0 Å². The van der Waals surface area contributed by atoms with Gasteiger partial charge in [-0.25, -0.2) is 9.78 Å². The van der Waals surface area contributed by atoms with Gasteiger partial charge in [-0.3, -0.25) is 9.13 Å². The van der Waals surface area contributed by atoms with Crippen molar-refractivity contribution < 1.29 is 0 Å². The van der Waals surface area contributed by atoms with Gasteiger partial charge in [-0.2, -0.15) is 0 Å². The maximum atomic E-state index is 12.0. The molecule has 2 aromatic rings. The molecule has 2 rings (SSSR count). The molecule has 2 heterocycles. The second-order valence-electron chi connectivity index (χ2n) is 4.17. The molecule has 0 bridgehead atoms. The molecular formula is C13H18N4O. The molecule has 0 radical (unpaired) electrons. The van der Waals surface area contributed by atoms with Gasteiger partial charge >= 0.3 is 5.69 Å². The minimum atomic E-state index is 0.0218. The highest BCUT2D eigenvalue weighted by Crippen LogP contribution is 2.04. The number of aryl methyl sites for hydroxylation is 1. The molecular weight excluding hydrogens is 228 g/mol. The van der Waals surface area contributed by atoms with Crippen molar-refractivity contribution in [2.45, 2.75) is 26.4 Å². The Hall–Kier alpha value is -2.04. The van der Waals surface area contributed by atoms with Gasteiger partial charge in [-0.05, 0) is 18.6 Å². The molecule has 0 aromatic carbocycles. The molecule has 0 spiro atoms. The summed E-state index contributed by atoms with van der Waals surface area (Å²) < 4.78 is 3.40. The van der Waals surface area contributed by atoms with E-state index in [0.29, 0.717) is 6.54 Å². The molecule has 0 saturated heterocycles.